The van der Waals surface area contributed by atoms with E-state index < -0.39 is 5.97 Å². The summed E-state index contributed by atoms with van der Waals surface area (Å²) in [5, 5.41) is 9.01. The van der Waals surface area contributed by atoms with E-state index in [-0.39, 0.29) is 11.0 Å². The number of hydrogen-bond donors (Lipinski definition) is 1. The number of hydrogen-bond acceptors (Lipinski definition) is 2. The van der Waals surface area contributed by atoms with Crippen molar-refractivity contribution in [1.82, 2.24) is 4.98 Å². The number of carbonyl (C=O) groups is 1. The zero-order valence-corrected chi connectivity index (χ0v) is 16.4. The topological polar surface area (TPSA) is 50.2 Å². The number of carboxylic acid groups (broad SMARTS) is 1. The Morgan fingerprint density at radius 3 is 2.45 bits per heavy atom. The molecule has 0 radical (unpaired) electrons. The SMILES string of the molecule is CC1(C)CC=C(c2cccnc2)c2cc(C#Cc3ccc(C(=O)O)cc3)ccc21. The molecule has 0 bridgehead atoms. The Bertz CT molecular complexity index is 1160. The monoisotopic (exact) mass is 379 g/mol. The van der Waals surface area contributed by atoms with Gasteiger partial charge in [-0.3, -0.25) is 4.98 Å². The number of aromatic nitrogens is 1. The van der Waals surface area contributed by atoms with E-state index in [1.165, 1.54) is 16.7 Å². The molecule has 0 aliphatic heterocycles. The summed E-state index contributed by atoms with van der Waals surface area (Å²) in [6.45, 7) is 4.52. The van der Waals surface area contributed by atoms with Crippen LogP contribution >= 0.6 is 0 Å². The summed E-state index contributed by atoms with van der Waals surface area (Å²) in [5.41, 5.74) is 6.87. The maximum Gasteiger partial charge on any atom is 0.335 e. The Morgan fingerprint density at radius 1 is 1.03 bits per heavy atom. The lowest BCUT2D eigenvalue weighted by Gasteiger charge is -2.32. The van der Waals surface area contributed by atoms with Crippen molar-refractivity contribution >= 4 is 11.5 Å². The van der Waals surface area contributed by atoms with E-state index in [1.807, 2.05) is 12.3 Å². The zero-order valence-electron chi connectivity index (χ0n) is 16.4. The number of aromatic carboxylic acids is 1. The lowest BCUT2D eigenvalue weighted by atomic mass is 9.72. The van der Waals surface area contributed by atoms with Crippen LogP contribution in [0, 0.1) is 11.8 Å². The Kier molecular flexibility index (Phi) is 4.78. The van der Waals surface area contributed by atoms with E-state index in [0.717, 1.165) is 23.1 Å². The maximum atomic E-state index is 11.0. The Hall–Kier alpha value is -3.64. The number of pyridine rings is 1. The molecule has 0 unspecified atom stereocenters. The van der Waals surface area contributed by atoms with Crippen molar-refractivity contribution in [2.45, 2.75) is 25.7 Å². The molecule has 1 heterocycles. The molecule has 29 heavy (non-hydrogen) atoms. The van der Waals surface area contributed by atoms with Crippen LogP contribution in [0.25, 0.3) is 5.57 Å². The molecule has 0 saturated carbocycles. The number of carboxylic acids is 1. The van der Waals surface area contributed by atoms with Crippen LogP contribution in [-0.2, 0) is 5.41 Å². The summed E-state index contributed by atoms with van der Waals surface area (Å²) in [4.78, 5) is 15.3. The lowest BCUT2D eigenvalue weighted by molar-refractivity contribution is 0.0697. The molecule has 1 aliphatic carbocycles. The number of benzene rings is 2. The standard InChI is InChI=1S/C26H21NO2/c1-26(2)14-13-22(21-4-3-15-27-17-21)23-16-19(9-12-24(23)26)6-5-18-7-10-20(11-8-18)25(28)29/h3-4,7-13,15-17H,14H2,1-2H3,(H,28,29). The largest absolute Gasteiger partial charge is 0.478 e. The van der Waals surface area contributed by atoms with Crippen LogP contribution in [0.4, 0.5) is 0 Å². The van der Waals surface area contributed by atoms with Crippen molar-refractivity contribution in [1.29, 1.82) is 0 Å². The second-order valence-corrected chi connectivity index (χ2v) is 7.84. The third-order valence-corrected chi connectivity index (χ3v) is 5.31. The van der Waals surface area contributed by atoms with Gasteiger partial charge in [0.05, 0.1) is 5.56 Å². The van der Waals surface area contributed by atoms with E-state index >= 15 is 0 Å². The van der Waals surface area contributed by atoms with Gasteiger partial charge in [-0.2, -0.15) is 0 Å². The second kappa shape index (κ2) is 7.41. The van der Waals surface area contributed by atoms with Crippen LogP contribution in [0.15, 0.2) is 73.1 Å². The van der Waals surface area contributed by atoms with Crippen molar-refractivity contribution in [2.24, 2.45) is 0 Å². The van der Waals surface area contributed by atoms with Gasteiger partial charge in [0.25, 0.3) is 0 Å². The van der Waals surface area contributed by atoms with Crippen LogP contribution in [0.5, 0.6) is 0 Å². The van der Waals surface area contributed by atoms with E-state index in [1.54, 1.807) is 30.5 Å². The minimum atomic E-state index is -0.934. The van der Waals surface area contributed by atoms with Gasteiger partial charge < -0.3 is 5.11 Å². The second-order valence-electron chi connectivity index (χ2n) is 7.84. The summed E-state index contributed by atoms with van der Waals surface area (Å²) >= 11 is 0. The van der Waals surface area contributed by atoms with Gasteiger partial charge in [0, 0.05) is 29.1 Å². The van der Waals surface area contributed by atoms with Crippen LogP contribution in [-0.4, -0.2) is 16.1 Å². The molecule has 3 aromatic rings. The molecule has 0 fully saturated rings. The van der Waals surface area contributed by atoms with Gasteiger partial charge in [0.15, 0.2) is 0 Å². The van der Waals surface area contributed by atoms with Crippen molar-refractivity contribution < 1.29 is 9.90 Å². The maximum absolute atomic E-state index is 11.0. The molecular formula is C26H21NO2. The highest BCUT2D eigenvalue weighted by atomic mass is 16.4. The average molecular weight is 379 g/mol. The molecule has 0 spiro atoms. The van der Waals surface area contributed by atoms with E-state index in [4.69, 9.17) is 5.11 Å². The normalized spacial score (nSPS) is 14.2. The molecule has 0 amide bonds. The number of rotatable bonds is 2. The van der Waals surface area contributed by atoms with Gasteiger partial charge in [-0.25, -0.2) is 4.79 Å². The van der Waals surface area contributed by atoms with Crippen LogP contribution in [0.2, 0.25) is 0 Å². The first-order chi connectivity index (χ1) is 13.9. The molecule has 1 aliphatic rings. The number of fused-ring (bicyclic) bond motifs is 1. The molecule has 0 saturated heterocycles. The summed E-state index contributed by atoms with van der Waals surface area (Å²) in [6.07, 6.45) is 6.96. The summed E-state index contributed by atoms with van der Waals surface area (Å²) in [5.74, 6) is 5.42. The smallest absolute Gasteiger partial charge is 0.335 e. The van der Waals surface area contributed by atoms with Crippen molar-refractivity contribution in [2.75, 3.05) is 0 Å². The van der Waals surface area contributed by atoms with Crippen molar-refractivity contribution in [3.05, 3.63) is 106 Å². The average Bonchev–Trinajstić information content (AvgIpc) is 2.73. The van der Waals surface area contributed by atoms with Gasteiger partial charge in [-0.1, -0.05) is 43.9 Å². The molecule has 4 rings (SSSR count). The summed E-state index contributed by atoms with van der Waals surface area (Å²) in [7, 11) is 0. The molecule has 3 heteroatoms. The predicted octanol–water partition coefficient (Wildman–Crippen LogP) is 5.29. The fraction of sp³-hybridized carbons (Fsp3) is 0.154. The van der Waals surface area contributed by atoms with Gasteiger partial charge in [-0.05, 0) is 71.0 Å². The lowest BCUT2D eigenvalue weighted by Crippen LogP contribution is -2.22. The molecule has 0 atom stereocenters. The summed E-state index contributed by atoms with van der Waals surface area (Å²) in [6, 6.07) is 17.0. The first-order valence-electron chi connectivity index (χ1n) is 9.55. The third kappa shape index (κ3) is 3.83. The number of allylic oxidation sites excluding steroid dienone is 1. The van der Waals surface area contributed by atoms with Crippen molar-refractivity contribution in [3.63, 3.8) is 0 Å². The fourth-order valence-electron chi connectivity index (χ4n) is 3.65. The van der Waals surface area contributed by atoms with E-state index in [2.05, 4.69) is 61.0 Å². The Labute approximate surface area is 170 Å². The predicted molar refractivity (Wildman–Crippen MR) is 115 cm³/mol. The highest BCUT2D eigenvalue weighted by Crippen LogP contribution is 2.41. The molecule has 3 nitrogen and oxygen atoms in total. The molecule has 1 N–H and O–H groups in total. The van der Waals surface area contributed by atoms with Gasteiger partial charge in [-0.15, -0.1) is 0 Å². The highest BCUT2D eigenvalue weighted by molar-refractivity contribution is 5.87. The minimum absolute atomic E-state index is 0.0691. The van der Waals surface area contributed by atoms with Crippen molar-refractivity contribution in [3.8, 4) is 11.8 Å². The Balaban J connectivity index is 1.72. The molecule has 2 aromatic carbocycles. The van der Waals surface area contributed by atoms with E-state index in [9.17, 15) is 4.79 Å². The molecule has 1 aromatic heterocycles. The summed E-state index contributed by atoms with van der Waals surface area (Å²) < 4.78 is 0. The zero-order chi connectivity index (χ0) is 20.4. The van der Waals surface area contributed by atoms with Gasteiger partial charge >= 0.3 is 5.97 Å². The molecular weight excluding hydrogens is 358 g/mol. The van der Waals surface area contributed by atoms with Gasteiger partial charge in [0.2, 0.25) is 0 Å². The first kappa shape index (κ1) is 18.7. The van der Waals surface area contributed by atoms with Crippen LogP contribution in [0.3, 0.4) is 0 Å². The van der Waals surface area contributed by atoms with E-state index in [0.29, 0.717) is 0 Å². The van der Waals surface area contributed by atoms with Crippen LogP contribution in [0.1, 0.15) is 58.4 Å². The quantitative estimate of drug-likeness (QED) is 0.615. The van der Waals surface area contributed by atoms with Gasteiger partial charge in [0.1, 0.15) is 0 Å². The fourth-order valence-corrected chi connectivity index (χ4v) is 3.65. The minimum Gasteiger partial charge on any atom is -0.478 e. The van der Waals surface area contributed by atoms with Crippen LogP contribution < -0.4 is 0 Å². The highest BCUT2D eigenvalue weighted by Gasteiger charge is 2.28. The third-order valence-electron chi connectivity index (χ3n) is 5.31. The number of nitrogens with zero attached hydrogens (tertiary/aromatic N) is 1. The Morgan fingerprint density at radius 2 is 1.76 bits per heavy atom. The first-order valence-corrected chi connectivity index (χ1v) is 9.55. The molecule has 142 valence electrons.